The van der Waals surface area contributed by atoms with Crippen LogP contribution in [0.1, 0.15) is 42.2 Å². The summed E-state index contributed by atoms with van der Waals surface area (Å²) < 4.78 is 84.9. The zero-order valence-corrected chi connectivity index (χ0v) is 17.7. The van der Waals surface area contributed by atoms with Gasteiger partial charge in [-0.1, -0.05) is 30.3 Å². The lowest BCUT2D eigenvalue weighted by atomic mass is 9.89. The van der Waals surface area contributed by atoms with Crippen molar-refractivity contribution in [2.24, 2.45) is 0 Å². The summed E-state index contributed by atoms with van der Waals surface area (Å²) in [5.41, 5.74) is -4.25. The number of amides is 2. The topological polar surface area (TPSA) is 61.8 Å². The highest BCUT2D eigenvalue weighted by atomic mass is 19.4. The first-order chi connectivity index (χ1) is 15.3. The quantitative estimate of drug-likeness (QED) is 0.573. The van der Waals surface area contributed by atoms with Crippen LogP contribution < -0.4 is 5.32 Å². The van der Waals surface area contributed by atoms with Gasteiger partial charge in [0.05, 0.1) is 23.8 Å². The number of aliphatic hydroxyl groups is 1. The van der Waals surface area contributed by atoms with Crippen LogP contribution in [-0.4, -0.2) is 35.4 Å². The number of nitrogens with one attached hydrogen (secondary N) is 1. The smallest absolute Gasteiger partial charge is 0.371 e. The third kappa shape index (κ3) is 4.93. The summed E-state index contributed by atoms with van der Waals surface area (Å²) in [7, 11) is 0. The molecule has 0 spiro atoms. The molecule has 11 heteroatoms. The van der Waals surface area contributed by atoms with Crippen molar-refractivity contribution in [1.82, 2.24) is 10.2 Å². The van der Waals surface area contributed by atoms with Crippen molar-refractivity contribution < 1.29 is 41.0 Å². The first-order valence-electron chi connectivity index (χ1n) is 10.0. The predicted octanol–water partition coefficient (Wildman–Crippen LogP) is 5.06. The summed E-state index contributed by atoms with van der Waals surface area (Å²) in [4.78, 5) is 13.5. The molecule has 1 fully saturated rings. The highest BCUT2D eigenvalue weighted by Crippen LogP contribution is 2.39. The molecule has 2 aromatic rings. The third-order valence-corrected chi connectivity index (χ3v) is 5.60. The number of alkyl halides is 6. The Morgan fingerprint density at radius 3 is 2.06 bits per heavy atom. The maximum Gasteiger partial charge on any atom is 0.416 e. The van der Waals surface area contributed by atoms with Gasteiger partial charge in [-0.15, -0.1) is 0 Å². The maximum absolute atomic E-state index is 13.2. The van der Waals surface area contributed by atoms with Gasteiger partial charge in [0.2, 0.25) is 0 Å². The normalized spacial score (nSPS) is 22.4. The fourth-order valence-corrected chi connectivity index (χ4v) is 3.74. The van der Waals surface area contributed by atoms with E-state index in [9.17, 15) is 36.2 Å². The number of carbonyl (C=O) groups is 1. The van der Waals surface area contributed by atoms with Crippen molar-refractivity contribution in [3.05, 3.63) is 70.8 Å². The van der Waals surface area contributed by atoms with Gasteiger partial charge < -0.3 is 15.2 Å². The van der Waals surface area contributed by atoms with Crippen LogP contribution in [0.5, 0.6) is 0 Å². The van der Waals surface area contributed by atoms with Gasteiger partial charge in [-0.05, 0) is 43.2 Å². The van der Waals surface area contributed by atoms with Crippen LogP contribution in [0.15, 0.2) is 48.5 Å². The van der Waals surface area contributed by atoms with Crippen LogP contribution >= 0.6 is 0 Å². The minimum absolute atomic E-state index is 0.0434. The van der Waals surface area contributed by atoms with Crippen LogP contribution in [0.3, 0.4) is 0 Å². The molecule has 33 heavy (non-hydrogen) atoms. The Hall–Kier alpha value is -2.79. The van der Waals surface area contributed by atoms with E-state index in [4.69, 9.17) is 4.74 Å². The fraction of sp³-hybridized carbons (Fsp3) is 0.409. The maximum atomic E-state index is 13.2. The average Bonchev–Trinajstić information content (AvgIpc) is 3.00. The summed E-state index contributed by atoms with van der Waals surface area (Å²) in [6.07, 6.45) is -12.6. The van der Waals surface area contributed by atoms with Crippen molar-refractivity contribution in [1.29, 1.82) is 0 Å². The Bertz CT molecular complexity index is 964. The number of nitrogens with zero attached hydrogens (tertiary/aromatic N) is 1. The van der Waals surface area contributed by atoms with E-state index in [2.05, 4.69) is 5.32 Å². The van der Waals surface area contributed by atoms with Crippen molar-refractivity contribution in [3.8, 4) is 0 Å². The number of urea groups is 1. The molecule has 0 aliphatic carbocycles. The minimum atomic E-state index is -4.99. The molecule has 5 nitrogen and oxygen atoms in total. The molecule has 1 aliphatic heterocycles. The lowest BCUT2D eigenvalue weighted by Gasteiger charge is -2.34. The molecule has 0 bridgehead atoms. The highest BCUT2D eigenvalue weighted by molar-refractivity contribution is 5.79. The molecular weight excluding hydrogens is 454 g/mol. The second kappa shape index (κ2) is 8.86. The van der Waals surface area contributed by atoms with Gasteiger partial charge in [0.25, 0.3) is 0 Å². The van der Waals surface area contributed by atoms with Crippen molar-refractivity contribution in [2.45, 2.75) is 44.1 Å². The second-order valence-electron chi connectivity index (χ2n) is 7.72. The van der Waals surface area contributed by atoms with Gasteiger partial charge in [0.1, 0.15) is 5.54 Å². The van der Waals surface area contributed by atoms with Gasteiger partial charge in [0, 0.05) is 6.54 Å². The first-order valence-corrected chi connectivity index (χ1v) is 10.0. The predicted molar refractivity (Wildman–Crippen MR) is 106 cm³/mol. The lowest BCUT2D eigenvalue weighted by Crippen LogP contribution is -2.51. The van der Waals surface area contributed by atoms with Crippen LogP contribution in [0, 0.1) is 0 Å². The number of benzene rings is 2. The van der Waals surface area contributed by atoms with Crippen LogP contribution in [0.4, 0.5) is 31.1 Å². The fourth-order valence-electron chi connectivity index (χ4n) is 3.74. The summed E-state index contributed by atoms with van der Waals surface area (Å²) in [5.74, 6) is 0. The summed E-state index contributed by atoms with van der Waals surface area (Å²) in [6.45, 7) is 2.71. The number of aliphatic hydroxyl groups excluding tert-OH is 1. The zero-order chi connectivity index (χ0) is 24.6. The molecule has 0 saturated carbocycles. The standard InChI is InChI=1S/C22H22F6N2O3/c1-3-30-18(31)20(29-19(30)32,15-7-5-4-6-8-15)12-33-13(2)14-9-16(21(23,24)25)11-17(10-14)22(26,27)28/h4-11,13,18,31H,3,12H2,1-2H3,(H,29,32)/t13-,18-,20-/m1/s1. The number of carbonyl (C=O) groups excluding carboxylic acids is 1. The molecule has 0 radical (unpaired) electrons. The summed E-state index contributed by atoms with van der Waals surface area (Å²) in [5, 5.41) is 13.5. The van der Waals surface area contributed by atoms with E-state index in [1.807, 2.05) is 0 Å². The molecule has 2 amide bonds. The lowest BCUT2D eigenvalue weighted by molar-refractivity contribution is -0.143. The van der Waals surface area contributed by atoms with Crippen molar-refractivity contribution >= 4 is 6.03 Å². The monoisotopic (exact) mass is 476 g/mol. The SMILES string of the molecule is CCN1C(=O)N[C@](CO[C@H](C)c2cc(C(F)(F)F)cc(C(F)(F)F)c2)(c2ccccc2)[C@H]1O. The van der Waals surface area contributed by atoms with E-state index < -0.39 is 54.0 Å². The number of hydrogen-bond acceptors (Lipinski definition) is 3. The number of hydrogen-bond donors (Lipinski definition) is 2. The van der Waals surface area contributed by atoms with E-state index in [-0.39, 0.29) is 18.2 Å². The van der Waals surface area contributed by atoms with E-state index >= 15 is 0 Å². The first kappa shape index (κ1) is 24.8. The molecule has 0 aromatic heterocycles. The number of ether oxygens (including phenoxy) is 1. The number of likely N-dealkylation sites (N-methyl/N-ethyl adjacent to an activating group) is 1. The van der Waals surface area contributed by atoms with Gasteiger partial charge in [0.15, 0.2) is 6.23 Å². The molecule has 0 unspecified atom stereocenters. The molecule has 1 heterocycles. The molecule has 1 aliphatic rings. The number of rotatable bonds is 6. The Balaban J connectivity index is 1.95. The Morgan fingerprint density at radius 2 is 1.61 bits per heavy atom. The molecule has 180 valence electrons. The second-order valence-corrected chi connectivity index (χ2v) is 7.72. The Morgan fingerprint density at radius 1 is 1.06 bits per heavy atom. The Kier molecular flexibility index (Phi) is 6.67. The highest BCUT2D eigenvalue weighted by Gasteiger charge is 2.52. The van der Waals surface area contributed by atoms with E-state index in [0.29, 0.717) is 17.7 Å². The molecular formula is C22H22F6N2O3. The van der Waals surface area contributed by atoms with Crippen LogP contribution in [0.25, 0.3) is 0 Å². The van der Waals surface area contributed by atoms with E-state index in [1.54, 1.807) is 37.3 Å². The zero-order valence-electron chi connectivity index (χ0n) is 17.7. The van der Waals surface area contributed by atoms with Crippen molar-refractivity contribution in [2.75, 3.05) is 13.2 Å². The van der Waals surface area contributed by atoms with E-state index in [0.717, 1.165) is 4.90 Å². The average molecular weight is 476 g/mol. The van der Waals surface area contributed by atoms with Crippen molar-refractivity contribution in [3.63, 3.8) is 0 Å². The third-order valence-electron chi connectivity index (χ3n) is 5.60. The molecule has 3 rings (SSSR count). The van der Waals surface area contributed by atoms with Gasteiger partial charge in [-0.3, -0.25) is 4.90 Å². The van der Waals surface area contributed by atoms with Gasteiger partial charge in [-0.25, -0.2) is 4.79 Å². The summed E-state index contributed by atoms with van der Waals surface area (Å²) >= 11 is 0. The molecule has 3 atom stereocenters. The molecule has 1 saturated heterocycles. The number of halogens is 6. The Labute approximate surface area is 186 Å². The molecule has 2 N–H and O–H groups in total. The molecule has 2 aromatic carbocycles. The van der Waals surface area contributed by atoms with Crippen LogP contribution in [0.2, 0.25) is 0 Å². The largest absolute Gasteiger partial charge is 0.416 e. The van der Waals surface area contributed by atoms with Gasteiger partial charge in [-0.2, -0.15) is 26.3 Å². The minimum Gasteiger partial charge on any atom is -0.371 e. The van der Waals surface area contributed by atoms with E-state index in [1.165, 1.54) is 6.92 Å². The van der Waals surface area contributed by atoms with Crippen LogP contribution in [-0.2, 0) is 22.6 Å². The van der Waals surface area contributed by atoms with Gasteiger partial charge >= 0.3 is 18.4 Å². The summed E-state index contributed by atoms with van der Waals surface area (Å²) in [6, 6.07) is 8.94.